The fourth-order valence-electron chi connectivity index (χ4n) is 2.11. The van der Waals surface area contributed by atoms with Gasteiger partial charge in [-0.2, -0.15) is 0 Å². The molecule has 0 fully saturated rings. The molecule has 16 heavy (non-hydrogen) atoms. The van der Waals surface area contributed by atoms with Crippen LogP contribution < -0.4 is 10.1 Å². The number of halogens is 2. The molecule has 1 aromatic rings. The summed E-state index contributed by atoms with van der Waals surface area (Å²) in [7, 11) is 0. The number of fused-ring (bicyclic) bond motifs is 1. The van der Waals surface area contributed by atoms with Crippen LogP contribution >= 0.6 is 0 Å². The first-order valence-electron chi connectivity index (χ1n) is 5.48. The van der Waals surface area contributed by atoms with Gasteiger partial charge in [-0.1, -0.05) is 13.8 Å². The van der Waals surface area contributed by atoms with Crippen molar-refractivity contribution in [3.05, 3.63) is 29.3 Å². The lowest BCUT2D eigenvalue weighted by molar-refractivity contribution is 0.184. The predicted molar refractivity (Wildman–Crippen MR) is 57.4 cm³/mol. The number of nitrogens with one attached hydrogen (secondary N) is 1. The van der Waals surface area contributed by atoms with Crippen LogP contribution in [0.15, 0.2) is 12.1 Å². The number of hydrogen-bond donors (Lipinski definition) is 1. The maximum absolute atomic E-state index is 13.7. The van der Waals surface area contributed by atoms with Crippen LogP contribution in [-0.4, -0.2) is 13.2 Å². The molecule has 1 N–H and O–H groups in total. The Morgan fingerprint density at radius 2 is 2.19 bits per heavy atom. The number of benzene rings is 1. The van der Waals surface area contributed by atoms with Crippen molar-refractivity contribution >= 4 is 0 Å². The molecular formula is C12H15F2NO. The molecule has 0 saturated carbocycles. The second-order valence-corrected chi connectivity index (χ2v) is 4.12. The lowest BCUT2D eigenvalue weighted by Crippen LogP contribution is -2.34. The smallest absolute Gasteiger partial charge is 0.134 e. The van der Waals surface area contributed by atoms with Gasteiger partial charge in [-0.3, -0.25) is 0 Å². The van der Waals surface area contributed by atoms with Crippen LogP contribution in [0.25, 0.3) is 0 Å². The van der Waals surface area contributed by atoms with E-state index in [4.69, 9.17) is 4.74 Å². The Labute approximate surface area is 93.6 Å². The Morgan fingerprint density at radius 1 is 1.44 bits per heavy atom. The summed E-state index contributed by atoms with van der Waals surface area (Å²) in [5.41, 5.74) is 0.446. The van der Waals surface area contributed by atoms with Crippen LogP contribution in [0.2, 0.25) is 0 Å². The zero-order chi connectivity index (χ0) is 11.7. The summed E-state index contributed by atoms with van der Waals surface area (Å²) in [5, 5.41) is 3.21. The third-order valence-electron chi connectivity index (χ3n) is 2.86. The highest BCUT2D eigenvalue weighted by Gasteiger charge is 2.30. The SMILES string of the molecule is CCNC1c2c(F)cc(F)cc2OCC1C. The summed E-state index contributed by atoms with van der Waals surface area (Å²) in [6.07, 6.45) is 0. The molecule has 88 valence electrons. The summed E-state index contributed by atoms with van der Waals surface area (Å²) in [4.78, 5) is 0. The van der Waals surface area contributed by atoms with Crippen molar-refractivity contribution in [1.82, 2.24) is 5.32 Å². The van der Waals surface area contributed by atoms with Gasteiger partial charge >= 0.3 is 0 Å². The van der Waals surface area contributed by atoms with Gasteiger partial charge in [-0.05, 0) is 6.54 Å². The van der Waals surface area contributed by atoms with Gasteiger partial charge in [-0.25, -0.2) is 8.78 Å². The molecule has 2 nitrogen and oxygen atoms in total. The molecule has 2 unspecified atom stereocenters. The first kappa shape index (κ1) is 11.3. The summed E-state index contributed by atoms with van der Waals surface area (Å²) >= 11 is 0. The maximum atomic E-state index is 13.7. The van der Waals surface area contributed by atoms with E-state index in [-0.39, 0.29) is 12.0 Å². The van der Waals surface area contributed by atoms with Gasteiger partial charge in [0.15, 0.2) is 0 Å². The van der Waals surface area contributed by atoms with E-state index >= 15 is 0 Å². The van der Waals surface area contributed by atoms with E-state index < -0.39 is 11.6 Å². The van der Waals surface area contributed by atoms with E-state index in [2.05, 4.69) is 5.32 Å². The minimum Gasteiger partial charge on any atom is -0.493 e. The van der Waals surface area contributed by atoms with Crippen LogP contribution in [-0.2, 0) is 0 Å². The van der Waals surface area contributed by atoms with Gasteiger partial charge in [-0.15, -0.1) is 0 Å². The van der Waals surface area contributed by atoms with Gasteiger partial charge in [0.25, 0.3) is 0 Å². The van der Waals surface area contributed by atoms with E-state index in [1.54, 1.807) is 0 Å². The highest BCUT2D eigenvalue weighted by molar-refractivity contribution is 5.39. The van der Waals surface area contributed by atoms with Crippen LogP contribution in [0.3, 0.4) is 0 Å². The standard InChI is InChI=1S/C12H15F2NO/c1-3-15-12-7(2)6-16-10-5-8(13)4-9(14)11(10)12/h4-5,7,12,15H,3,6H2,1-2H3. The van der Waals surface area contributed by atoms with E-state index in [0.717, 1.165) is 12.6 Å². The van der Waals surface area contributed by atoms with Crippen molar-refractivity contribution in [2.45, 2.75) is 19.9 Å². The third-order valence-corrected chi connectivity index (χ3v) is 2.86. The summed E-state index contributed by atoms with van der Waals surface area (Å²) < 4.78 is 32.1. The van der Waals surface area contributed by atoms with Gasteiger partial charge in [0.2, 0.25) is 0 Å². The molecule has 0 spiro atoms. The highest BCUT2D eigenvalue weighted by atomic mass is 19.1. The third kappa shape index (κ3) is 1.89. The van der Waals surface area contributed by atoms with Crippen LogP contribution in [0.5, 0.6) is 5.75 Å². The summed E-state index contributed by atoms with van der Waals surface area (Å²) in [6.45, 7) is 5.17. The van der Waals surface area contributed by atoms with E-state index in [9.17, 15) is 8.78 Å². The zero-order valence-electron chi connectivity index (χ0n) is 9.39. The van der Waals surface area contributed by atoms with E-state index in [1.807, 2.05) is 13.8 Å². The molecule has 1 aliphatic heterocycles. The van der Waals surface area contributed by atoms with Crippen molar-refractivity contribution in [1.29, 1.82) is 0 Å². The molecule has 0 radical (unpaired) electrons. The Kier molecular flexibility index (Phi) is 3.10. The van der Waals surface area contributed by atoms with Crippen molar-refractivity contribution in [2.24, 2.45) is 5.92 Å². The second kappa shape index (κ2) is 4.37. The normalized spacial score (nSPS) is 23.8. The van der Waals surface area contributed by atoms with Crippen molar-refractivity contribution in [3.63, 3.8) is 0 Å². The van der Waals surface area contributed by atoms with Crippen molar-refractivity contribution < 1.29 is 13.5 Å². The fraction of sp³-hybridized carbons (Fsp3) is 0.500. The summed E-state index contributed by atoms with van der Waals surface area (Å²) in [6, 6.07) is 2.05. The number of ether oxygens (including phenoxy) is 1. The van der Waals surface area contributed by atoms with Crippen LogP contribution in [0, 0.1) is 17.6 Å². The Morgan fingerprint density at radius 3 is 2.88 bits per heavy atom. The van der Waals surface area contributed by atoms with Crippen LogP contribution in [0.4, 0.5) is 8.78 Å². The highest BCUT2D eigenvalue weighted by Crippen LogP contribution is 2.37. The molecule has 1 aliphatic rings. The average Bonchev–Trinajstić information content (AvgIpc) is 2.22. The fourth-order valence-corrected chi connectivity index (χ4v) is 2.11. The molecule has 1 heterocycles. The lowest BCUT2D eigenvalue weighted by Gasteiger charge is -2.32. The molecule has 0 aliphatic carbocycles. The van der Waals surface area contributed by atoms with Crippen molar-refractivity contribution in [2.75, 3.05) is 13.2 Å². The van der Waals surface area contributed by atoms with E-state index in [1.165, 1.54) is 6.07 Å². The summed E-state index contributed by atoms with van der Waals surface area (Å²) in [5.74, 6) is -0.637. The van der Waals surface area contributed by atoms with Crippen LogP contribution in [0.1, 0.15) is 25.5 Å². The Balaban J connectivity index is 2.45. The predicted octanol–water partition coefficient (Wildman–Crippen LogP) is 2.64. The molecule has 2 atom stereocenters. The molecule has 0 aromatic heterocycles. The molecule has 2 rings (SSSR count). The van der Waals surface area contributed by atoms with Gasteiger partial charge in [0.05, 0.1) is 6.61 Å². The first-order chi connectivity index (χ1) is 7.63. The molecule has 0 amide bonds. The minimum atomic E-state index is -0.596. The Hall–Kier alpha value is -1.16. The monoisotopic (exact) mass is 227 g/mol. The number of hydrogen-bond acceptors (Lipinski definition) is 2. The van der Waals surface area contributed by atoms with Gasteiger partial charge < -0.3 is 10.1 Å². The first-order valence-corrected chi connectivity index (χ1v) is 5.48. The zero-order valence-corrected chi connectivity index (χ0v) is 9.39. The molecule has 1 aromatic carbocycles. The largest absolute Gasteiger partial charge is 0.493 e. The van der Waals surface area contributed by atoms with E-state index in [0.29, 0.717) is 17.9 Å². The molecular weight excluding hydrogens is 212 g/mol. The van der Waals surface area contributed by atoms with Crippen molar-refractivity contribution in [3.8, 4) is 5.75 Å². The quantitative estimate of drug-likeness (QED) is 0.838. The molecule has 0 bridgehead atoms. The maximum Gasteiger partial charge on any atom is 0.134 e. The molecule has 0 saturated heterocycles. The minimum absolute atomic E-state index is 0.102. The van der Waals surface area contributed by atoms with Gasteiger partial charge in [0, 0.05) is 29.7 Å². The average molecular weight is 227 g/mol. The Bertz CT molecular complexity index is 395. The number of rotatable bonds is 2. The lowest BCUT2D eigenvalue weighted by atomic mass is 9.91. The molecule has 4 heteroatoms. The topological polar surface area (TPSA) is 21.3 Å². The van der Waals surface area contributed by atoms with Gasteiger partial charge in [0.1, 0.15) is 17.4 Å². The second-order valence-electron chi connectivity index (χ2n) is 4.12.